The van der Waals surface area contributed by atoms with Gasteiger partial charge >= 0.3 is 11.9 Å². The van der Waals surface area contributed by atoms with Crippen LogP contribution in [0.2, 0.25) is 0 Å². The molecule has 0 aliphatic rings. The molecule has 200 valence electrons. The lowest BCUT2D eigenvalue weighted by molar-refractivity contribution is -0.150. The molecule has 1 atom stereocenters. The Balaban J connectivity index is 3.83. The summed E-state index contributed by atoms with van der Waals surface area (Å²) in [6.45, 7) is 4.44. The van der Waals surface area contributed by atoms with Gasteiger partial charge in [0.15, 0.2) is 0 Å². The van der Waals surface area contributed by atoms with Crippen molar-refractivity contribution >= 4 is 11.9 Å². The van der Waals surface area contributed by atoms with Gasteiger partial charge in [0.1, 0.15) is 6.10 Å². The molecule has 4 nitrogen and oxygen atoms in total. The molecule has 34 heavy (non-hydrogen) atoms. The molecule has 0 radical (unpaired) electrons. The lowest BCUT2D eigenvalue weighted by Crippen LogP contribution is -2.18. The zero-order valence-corrected chi connectivity index (χ0v) is 22.7. The fourth-order valence-corrected chi connectivity index (χ4v) is 4.28. The number of hydrogen-bond donors (Lipinski definition) is 1. The topological polar surface area (TPSA) is 63.6 Å². The number of carbonyl (C=O) groups is 2. The lowest BCUT2D eigenvalue weighted by Gasteiger charge is -2.18. The van der Waals surface area contributed by atoms with Gasteiger partial charge in [-0.15, -0.1) is 0 Å². The molecule has 0 fully saturated rings. The number of carboxylic acids is 1. The number of aliphatic carboxylic acids is 1. The van der Waals surface area contributed by atoms with E-state index in [9.17, 15) is 9.59 Å². The lowest BCUT2D eigenvalue weighted by atomic mass is 10.0. The first-order valence-corrected chi connectivity index (χ1v) is 14.7. The molecule has 0 aromatic carbocycles. The van der Waals surface area contributed by atoms with Gasteiger partial charge < -0.3 is 9.84 Å². The Morgan fingerprint density at radius 1 is 0.618 bits per heavy atom. The van der Waals surface area contributed by atoms with Crippen LogP contribution in [0.5, 0.6) is 0 Å². The van der Waals surface area contributed by atoms with Crippen molar-refractivity contribution in [3.8, 4) is 0 Å². The molecule has 0 saturated heterocycles. The summed E-state index contributed by atoms with van der Waals surface area (Å²) in [5, 5.41) is 8.67. The maximum atomic E-state index is 12.4. The second-order valence-corrected chi connectivity index (χ2v) is 9.94. The van der Waals surface area contributed by atoms with Crippen LogP contribution in [0.25, 0.3) is 0 Å². The van der Waals surface area contributed by atoms with Crippen molar-refractivity contribution < 1.29 is 19.4 Å². The number of carboxylic acid groups (broad SMARTS) is 1. The number of carbonyl (C=O) groups excluding carboxylic acids is 1. The molecule has 0 aliphatic carbocycles. The van der Waals surface area contributed by atoms with E-state index in [0.717, 1.165) is 57.8 Å². The average Bonchev–Trinajstić information content (AvgIpc) is 2.81. The van der Waals surface area contributed by atoms with Crippen molar-refractivity contribution in [3.63, 3.8) is 0 Å². The minimum atomic E-state index is -0.690. The van der Waals surface area contributed by atoms with Crippen molar-refractivity contribution in [1.29, 1.82) is 0 Å². The highest BCUT2D eigenvalue weighted by Gasteiger charge is 2.14. The molecule has 0 aromatic rings. The smallest absolute Gasteiger partial charge is 0.306 e. The van der Waals surface area contributed by atoms with E-state index in [1.807, 2.05) is 0 Å². The Morgan fingerprint density at radius 3 is 1.68 bits per heavy atom. The zero-order valence-electron chi connectivity index (χ0n) is 22.7. The summed E-state index contributed by atoms with van der Waals surface area (Å²) in [5.41, 5.74) is 0. The van der Waals surface area contributed by atoms with Crippen molar-refractivity contribution in [2.45, 2.75) is 168 Å². The van der Waals surface area contributed by atoms with Crippen LogP contribution in [0.3, 0.4) is 0 Å². The van der Waals surface area contributed by atoms with E-state index in [0.29, 0.717) is 12.8 Å². The van der Waals surface area contributed by atoms with E-state index in [1.54, 1.807) is 0 Å². The fourth-order valence-electron chi connectivity index (χ4n) is 4.28. The molecular weight excluding hydrogens is 424 g/mol. The number of unbranched alkanes of at least 4 members (excludes halogenated alkanes) is 15. The average molecular weight is 481 g/mol. The first-order chi connectivity index (χ1) is 16.6. The van der Waals surface area contributed by atoms with Gasteiger partial charge in [-0.3, -0.25) is 9.59 Å². The molecule has 0 heterocycles. The third-order valence-electron chi connectivity index (χ3n) is 6.49. The summed E-state index contributed by atoms with van der Waals surface area (Å²) in [5.74, 6) is -0.691. The second kappa shape index (κ2) is 26.3. The first-order valence-electron chi connectivity index (χ1n) is 14.7. The van der Waals surface area contributed by atoms with E-state index in [-0.39, 0.29) is 12.1 Å². The van der Waals surface area contributed by atoms with Gasteiger partial charge in [-0.2, -0.15) is 0 Å². The summed E-state index contributed by atoms with van der Waals surface area (Å²) >= 11 is 0. The molecule has 0 bridgehead atoms. The summed E-state index contributed by atoms with van der Waals surface area (Å²) in [6, 6.07) is 0. The Kier molecular flexibility index (Phi) is 25.3. The largest absolute Gasteiger partial charge is 0.481 e. The standard InChI is InChI=1S/C30H56O4/c1-3-5-7-8-9-10-11-12-16-19-23-27-30(33)34-28(24-20-6-4-2)25-21-17-14-13-15-18-22-26-29(31)32/h8-9,28H,3-7,10-27H2,1-2H3,(H,31,32)/b9-8-. The Morgan fingerprint density at radius 2 is 1.09 bits per heavy atom. The highest BCUT2D eigenvalue weighted by atomic mass is 16.5. The molecule has 0 spiro atoms. The number of esters is 1. The van der Waals surface area contributed by atoms with Crippen LogP contribution in [-0.4, -0.2) is 23.1 Å². The van der Waals surface area contributed by atoms with Gasteiger partial charge in [0.05, 0.1) is 0 Å². The molecule has 0 aromatic heterocycles. The van der Waals surface area contributed by atoms with Crippen LogP contribution in [-0.2, 0) is 14.3 Å². The van der Waals surface area contributed by atoms with Gasteiger partial charge in [-0.1, -0.05) is 103 Å². The summed E-state index contributed by atoms with van der Waals surface area (Å²) < 4.78 is 5.87. The highest BCUT2D eigenvalue weighted by Crippen LogP contribution is 2.18. The zero-order chi connectivity index (χ0) is 25.1. The third-order valence-corrected chi connectivity index (χ3v) is 6.49. The Labute approximate surface area is 211 Å². The monoisotopic (exact) mass is 480 g/mol. The van der Waals surface area contributed by atoms with Crippen LogP contribution in [0.15, 0.2) is 12.2 Å². The van der Waals surface area contributed by atoms with Crippen LogP contribution in [0.1, 0.15) is 162 Å². The van der Waals surface area contributed by atoms with Crippen molar-refractivity contribution in [3.05, 3.63) is 12.2 Å². The minimum absolute atomic E-state index is 0.00112. The molecular formula is C30H56O4. The van der Waals surface area contributed by atoms with Crippen LogP contribution < -0.4 is 0 Å². The number of allylic oxidation sites excluding steroid dienone is 2. The first kappa shape index (κ1) is 32.7. The quantitative estimate of drug-likeness (QED) is 0.0760. The van der Waals surface area contributed by atoms with E-state index in [1.165, 1.54) is 77.0 Å². The number of ether oxygens (including phenoxy) is 1. The van der Waals surface area contributed by atoms with Gasteiger partial charge in [0.25, 0.3) is 0 Å². The van der Waals surface area contributed by atoms with Gasteiger partial charge in [0.2, 0.25) is 0 Å². The van der Waals surface area contributed by atoms with E-state index >= 15 is 0 Å². The van der Waals surface area contributed by atoms with E-state index < -0.39 is 5.97 Å². The number of hydrogen-bond acceptors (Lipinski definition) is 3. The predicted molar refractivity (Wildman–Crippen MR) is 144 cm³/mol. The Hall–Kier alpha value is -1.32. The fraction of sp³-hybridized carbons (Fsp3) is 0.867. The maximum absolute atomic E-state index is 12.4. The molecule has 0 saturated carbocycles. The molecule has 4 heteroatoms. The van der Waals surface area contributed by atoms with Crippen molar-refractivity contribution in [1.82, 2.24) is 0 Å². The molecule has 0 aliphatic heterocycles. The van der Waals surface area contributed by atoms with Crippen LogP contribution >= 0.6 is 0 Å². The second-order valence-electron chi connectivity index (χ2n) is 9.94. The van der Waals surface area contributed by atoms with Crippen LogP contribution in [0.4, 0.5) is 0 Å². The minimum Gasteiger partial charge on any atom is -0.481 e. The maximum Gasteiger partial charge on any atom is 0.306 e. The molecule has 1 N–H and O–H groups in total. The molecule has 0 amide bonds. The predicted octanol–water partition coefficient (Wildman–Crippen LogP) is 9.55. The Bertz CT molecular complexity index is 486. The summed E-state index contributed by atoms with van der Waals surface area (Å²) in [7, 11) is 0. The van der Waals surface area contributed by atoms with Crippen LogP contribution in [0, 0.1) is 0 Å². The van der Waals surface area contributed by atoms with Crippen molar-refractivity contribution in [2.24, 2.45) is 0 Å². The third kappa shape index (κ3) is 25.3. The van der Waals surface area contributed by atoms with Gasteiger partial charge in [0, 0.05) is 12.8 Å². The summed E-state index contributed by atoms with van der Waals surface area (Å²) in [6.07, 6.45) is 29.5. The molecule has 0 rings (SSSR count). The summed E-state index contributed by atoms with van der Waals surface area (Å²) in [4.78, 5) is 22.9. The van der Waals surface area contributed by atoms with Gasteiger partial charge in [-0.05, 0) is 57.8 Å². The SMILES string of the molecule is CCCC/C=C\CCCCCCCC(=O)OC(CCCCC)CCCCCCCCCC(=O)O. The number of rotatable bonds is 26. The van der Waals surface area contributed by atoms with E-state index in [2.05, 4.69) is 26.0 Å². The normalized spacial score (nSPS) is 12.3. The van der Waals surface area contributed by atoms with Crippen molar-refractivity contribution in [2.75, 3.05) is 0 Å². The highest BCUT2D eigenvalue weighted by molar-refractivity contribution is 5.69. The van der Waals surface area contributed by atoms with Gasteiger partial charge in [-0.25, -0.2) is 0 Å². The molecule has 1 unspecified atom stereocenters. The van der Waals surface area contributed by atoms with E-state index in [4.69, 9.17) is 9.84 Å².